The lowest BCUT2D eigenvalue weighted by Crippen LogP contribution is -2.14. The van der Waals surface area contributed by atoms with E-state index in [2.05, 4.69) is 4.98 Å². The second-order valence-corrected chi connectivity index (χ2v) is 6.52. The Kier molecular flexibility index (Phi) is 2.78. The van der Waals surface area contributed by atoms with Crippen LogP contribution in [0.3, 0.4) is 0 Å². The van der Waals surface area contributed by atoms with Crippen LogP contribution in [-0.2, 0) is 16.3 Å². The predicted molar refractivity (Wildman–Crippen MR) is 59.5 cm³/mol. The van der Waals surface area contributed by atoms with Crippen molar-refractivity contribution in [2.45, 2.75) is 31.4 Å². The van der Waals surface area contributed by atoms with Crippen molar-refractivity contribution in [3.05, 3.63) is 29.6 Å². The topological polar surface area (TPSA) is 47.0 Å². The Morgan fingerprint density at radius 3 is 2.80 bits per heavy atom. The number of hydrogen-bond donors (Lipinski definition) is 0. The molecule has 15 heavy (non-hydrogen) atoms. The quantitative estimate of drug-likeness (QED) is 0.780. The van der Waals surface area contributed by atoms with Crippen molar-refractivity contribution >= 4 is 9.84 Å². The monoisotopic (exact) mass is 225 g/mol. The largest absolute Gasteiger partial charge is 0.264 e. The van der Waals surface area contributed by atoms with Gasteiger partial charge in [-0.1, -0.05) is 0 Å². The second kappa shape index (κ2) is 3.93. The van der Waals surface area contributed by atoms with Crippen LogP contribution >= 0.6 is 0 Å². The van der Waals surface area contributed by atoms with Gasteiger partial charge in [-0.15, -0.1) is 0 Å². The zero-order valence-electron chi connectivity index (χ0n) is 8.81. The van der Waals surface area contributed by atoms with Gasteiger partial charge in [-0.05, 0) is 43.4 Å². The van der Waals surface area contributed by atoms with Crippen LogP contribution in [0.5, 0.6) is 0 Å². The molecule has 1 heterocycles. The van der Waals surface area contributed by atoms with Gasteiger partial charge in [0.1, 0.15) is 0 Å². The third-order valence-corrected chi connectivity index (χ3v) is 5.08. The molecule has 0 aromatic carbocycles. The van der Waals surface area contributed by atoms with Crippen molar-refractivity contribution in [3.8, 4) is 0 Å². The Bertz CT molecular complexity index is 449. The third-order valence-electron chi connectivity index (χ3n) is 2.82. The highest BCUT2D eigenvalue weighted by Crippen LogP contribution is 2.29. The molecule has 0 N–H and O–H groups in total. The second-order valence-electron chi connectivity index (χ2n) is 4.12. The summed E-state index contributed by atoms with van der Waals surface area (Å²) in [6, 6.07) is 1.90. The van der Waals surface area contributed by atoms with Gasteiger partial charge in [-0.2, -0.15) is 0 Å². The maximum atomic E-state index is 11.7. The lowest BCUT2D eigenvalue weighted by atomic mass is 10.1. The summed E-state index contributed by atoms with van der Waals surface area (Å²) in [6.07, 6.45) is 5.83. The minimum atomic E-state index is -2.82. The maximum absolute atomic E-state index is 11.7. The number of aromatic nitrogens is 1. The Morgan fingerprint density at radius 1 is 1.47 bits per heavy atom. The number of sulfone groups is 1. The fraction of sp³-hybridized carbons (Fsp3) is 0.545. The molecule has 0 aliphatic heterocycles. The summed E-state index contributed by atoms with van der Waals surface area (Å²) in [5.41, 5.74) is 2.16. The molecule has 0 bridgehead atoms. The summed E-state index contributed by atoms with van der Waals surface area (Å²) in [5, 5.41) is -0.0420. The number of rotatable bonds is 4. The van der Waals surface area contributed by atoms with Gasteiger partial charge in [0.15, 0.2) is 9.84 Å². The highest BCUT2D eigenvalue weighted by molar-refractivity contribution is 7.92. The number of hydrogen-bond acceptors (Lipinski definition) is 3. The Hall–Kier alpha value is -0.900. The fourth-order valence-electron chi connectivity index (χ4n) is 1.63. The van der Waals surface area contributed by atoms with Gasteiger partial charge in [0.05, 0.1) is 11.0 Å². The molecule has 0 radical (unpaired) electrons. The molecule has 1 fully saturated rings. The molecular weight excluding hydrogens is 210 g/mol. The van der Waals surface area contributed by atoms with Crippen LogP contribution in [0.15, 0.2) is 18.5 Å². The van der Waals surface area contributed by atoms with E-state index >= 15 is 0 Å². The average molecular weight is 225 g/mol. The number of nitrogens with zero attached hydrogens (tertiary/aromatic N) is 1. The summed E-state index contributed by atoms with van der Waals surface area (Å²) in [7, 11) is -2.82. The van der Waals surface area contributed by atoms with Crippen LogP contribution < -0.4 is 0 Å². The van der Waals surface area contributed by atoms with Crippen molar-refractivity contribution < 1.29 is 8.42 Å². The highest BCUT2D eigenvalue weighted by Gasteiger charge is 2.34. The molecule has 1 aliphatic rings. The summed E-state index contributed by atoms with van der Waals surface area (Å²) in [5.74, 6) is 0.280. The first-order valence-electron chi connectivity index (χ1n) is 5.20. The molecule has 0 spiro atoms. The van der Waals surface area contributed by atoms with Gasteiger partial charge in [0, 0.05) is 12.4 Å². The predicted octanol–water partition coefficient (Wildman–Crippen LogP) is 1.51. The van der Waals surface area contributed by atoms with E-state index in [1.165, 1.54) is 0 Å². The minimum absolute atomic E-state index is 0.0420. The average Bonchev–Trinajstić information content (AvgIpc) is 3.00. The Labute approximate surface area is 90.5 Å². The van der Waals surface area contributed by atoms with Gasteiger partial charge in [-0.25, -0.2) is 8.42 Å². The molecule has 82 valence electrons. The van der Waals surface area contributed by atoms with Crippen LogP contribution in [0.1, 0.15) is 24.0 Å². The summed E-state index contributed by atoms with van der Waals surface area (Å²) >= 11 is 0. The van der Waals surface area contributed by atoms with E-state index in [1.807, 2.05) is 13.0 Å². The van der Waals surface area contributed by atoms with E-state index in [4.69, 9.17) is 0 Å². The first-order valence-corrected chi connectivity index (χ1v) is 6.92. The van der Waals surface area contributed by atoms with Gasteiger partial charge in [0.25, 0.3) is 0 Å². The van der Waals surface area contributed by atoms with Crippen molar-refractivity contribution in [1.29, 1.82) is 0 Å². The SMILES string of the molecule is Cc1cnccc1CCS(=O)(=O)C1CC1. The van der Waals surface area contributed by atoms with E-state index in [9.17, 15) is 8.42 Å². The first kappa shape index (κ1) is 10.6. The highest BCUT2D eigenvalue weighted by atomic mass is 32.2. The van der Waals surface area contributed by atoms with E-state index in [1.54, 1.807) is 12.4 Å². The molecular formula is C11H15NO2S. The third kappa shape index (κ3) is 2.56. The van der Waals surface area contributed by atoms with Crippen LogP contribution in [-0.4, -0.2) is 24.4 Å². The molecule has 1 aliphatic carbocycles. The summed E-state index contributed by atoms with van der Waals surface area (Å²) in [6.45, 7) is 1.96. The van der Waals surface area contributed by atoms with E-state index in [0.717, 1.165) is 24.0 Å². The smallest absolute Gasteiger partial charge is 0.153 e. The molecule has 3 nitrogen and oxygen atoms in total. The number of pyridine rings is 1. The lowest BCUT2D eigenvalue weighted by molar-refractivity contribution is 0.594. The number of aryl methyl sites for hydroxylation is 2. The van der Waals surface area contributed by atoms with Crippen LogP contribution in [0.4, 0.5) is 0 Å². The van der Waals surface area contributed by atoms with Crippen LogP contribution in [0, 0.1) is 6.92 Å². The fourth-order valence-corrected chi connectivity index (χ4v) is 3.32. The van der Waals surface area contributed by atoms with Crippen molar-refractivity contribution in [2.75, 3.05) is 5.75 Å². The van der Waals surface area contributed by atoms with Gasteiger partial charge in [-0.3, -0.25) is 4.98 Å². The Morgan fingerprint density at radius 2 is 2.20 bits per heavy atom. The lowest BCUT2D eigenvalue weighted by Gasteiger charge is -2.05. The summed E-state index contributed by atoms with van der Waals surface area (Å²) < 4.78 is 23.3. The van der Waals surface area contributed by atoms with Crippen LogP contribution in [0.25, 0.3) is 0 Å². The van der Waals surface area contributed by atoms with Crippen molar-refractivity contribution in [3.63, 3.8) is 0 Å². The molecule has 0 atom stereocenters. The normalized spacial score (nSPS) is 16.6. The molecule has 1 aromatic rings. The molecule has 1 saturated carbocycles. The van der Waals surface area contributed by atoms with Gasteiger partial charge >= 0.3 is 0 Å². The van der Waals surface area contributed by atoms with E-state index < -0.39 is 9.84 Å². The van der Waals surface area contributed by atoms with Gasteiger partial charge in [0.2, 0.25) is 0 Å². The molecule has 2 rings (SSSR count). The zero-order chi connectivity index (χ0) is 10.9. The van der Waals surface area contributed by atoms with E-state index in [-0.39, 0.29) is 11.0 Å². The van der Waals surface area contributed by atoms with E-state index in [0.29, 0.717) is 6.42 Å². The van der Waals surface area contributed by atoms with Crippen molar-refractivity contribution in [1.82, 2.24) is 4.98 Å². The molecule has 0 unspecified atom stereocenters. The van der Waals surface area contributed by atoms with Crippen molar-refractivity contribution in [2.24, 2.45) is 0 Å². The van der Waals surface area contributed by atoms with Gasteiger partial charge < -0.3 is 0 Å². The maximum Gasteiger partial charge on any atom is 0.153 e. The Balaban J connectivity index is 2.02. The molecule has 0 saturated heterocycles. The molecule has 0 amide bonds. The standard InChI is InChI=1S/C11H15NO2S/c1-9-8-12-6-4-10(9)5-7-15(13,14)11-2-3-11/h4,6,8,11H,2-3,5,7H2,1H3. The first-order chi connectivity index (χ1) is 7.09. The minimum Gasteiger partial charge on any atom is -0.264 e. The zero-order valence-corrected chi connectivity index (χ0v) is 9.63. The van der Waals surface area contributed by atoms with Crippen LogP contribution in [0.2, 0.25) is 0 Å². The summed E-state index contributed by atoms with van der Waals surface area (Å²) in [4.78, 5) is 3.99. The molecule has 1 aromatic heterocycles. The molecule has 4 heteroatoms.